The molecule has 28 heavy (non-hydrogen) atoms. The Labute approximate surface area is 170 Å². The number of para-hydroxylation sites is 1. The van der Waals surface area contributed by atoms with Gasteiger partial charge < -0.3 is 5.32 Å². The maximum absolute atomic E-state index is 12.8. The van der Waals surface area contributed by atoms with Crippen molar-refractivity contribution in [3.63, 3.8) is 0 Å². The molecule has 3 atom stereocenters. The van der Waals surface area contributed by atoms with Crippen molar-refractivity contribution in [3.8, 4) is 0 Å². The number of thiazole rings is 1. The number of hydrogen-bond donors (Lipinski definition) is 1. The van der Waals surface area contributed by atoms with Crippen LogP contribution in [0, 0.1) is 0 Å². The lowest BCUT2D eigenvalue weighted by Gasteiger charge is -2.29. The molecule has 2 aromatic carbocycles. The quantitative estimate of drug-likeness (QED) is 0.658. The summed E-state index contributed by atoms with van der Waals surface area (Å²) in [5.74, 6) is 0.409. The summed E-state index contributed by atoms with van der Waals surface area (Å²) in [7, 11) is 0. The molecule has 1 aliphatic heterocycles. The Morgan fingerprint density at radius 2 is 1.93 bits per heavy atom. The smallest absolute Gasteiger partial charge is 0.237 e. The Balaban J connectivity index is 1.41. The molecule has 1 aromatic heterocycles. The summed E-state index contributed by atoms with van der Waals surface area (Å²) in [6, 6.07) is 18.7. The van der Waals surface area contributed by atoms with Crippen molar-refractivity contribution in [3.05, 3.63) is 65.2 Å². The molecule has 5 heteroatoms. The van der Waals surface area contributed by atoms with Crippen molar-refractivity contribution >= 4 is 27.5 Å². The Morgan fingerprint density at radius 1 is 1.18 bits per heavy atom. The second-order valence-electron chi connectivity index (χ2n) is 7.65. The minimum Gasteiger partial charge on any atom is -0.354 e. The molecule has 1 aliphatic rings. The molecular weight excluding hydrogens is 366 g/mol. The Bertz CT molecular complexity index is 906. The molecule has 146 valence electrons. The average molecular weight is 394 g/mol. The molecule has 1 fully saturated rings. The first kappa shape index (κ1) is 19.1. The number of nitrogens with one attached hydrogen (secondary N) is 1. The zero-order chi connectivity index (χ0) is 19.5. The van der Waals surface area contributed by atoms with E-state index in [2.05, 4.69) is 47.5 Å². The van der Waals surface area contributed by atoms with E-state index in [1.807, 2.05) is 31.2 Å². The van der Waals surface area contributed by atoms with E-state index in [0.29, 0.717) is 12.5 Å². The molecule has 1 saturated heterocycles. The molecule has 1 N–H and O–H groups in total. The van der Waals surface area contributed by atoms with Gasteiger partial charge in [0.25, 0.3) is 0 Å². The Kier molecular flexibility index (Phi) is 5.74. The van der Waals surface area contributed by atoms with Crippen molar-refractivity contribution in [2.45, 2.75) is 44.7 Å². The predicted molar refractivity (Wildman–Crippen MR) is 116 cm³/mol. The summed E-state index contributed by atoms with van der Waals surface area (Å²) in [6.45, 7) is 5.78. The lowest BCUT2D eigenvalue weighted by Crippen LogP contribution is -2.45. The number of benzene rings is 2. The molecule has 0 radical (unpaired) electrons. The van der Waals surface area contributed by atoms with Crippen LogP contribution in [0.5, 0.6) is 0 Å². The van der Waals surface area contributed by atoms with Crippen LogP contribution in [-0.4, -0.2) is 34.9 Å². The topological polar surface area (TPSA) is 45.2 Å². The van der Waals surface area contributed by atoms with Crippen molar-refractivity contribution in [2.24, 2.45) is 0 Å². The summed E-state index contributed by atoms with van der Waals surface area (Å²) in [5, 5.41) is 4.29. The van der Waals surface area contributed by atoms with Gasteiger partial charge in [0, 0.05) is 6.54 Å². The fourth-order valence-corrected chi connectivity index (χ4v) is 5.13. The highest BCUT2D eigenvalue weighted by molar-refractivity contribution is 7.18. The standard InChI is InChI=1S/C23H27N3OS/c1-16(18-9-4-3-5-10-18)15-24-22(27)17(2)26-14-8-12-20(26)23-25-19-11-6-7-13-21(19)28-23/h3-7,9-11,13,16-17,20H,8,12,14-15H2,1-2H3,(H,24,27). The monoisotopic (exact) mass is 393 g/mol. The molecule has 3 aromatic rings. The van der Waals surface area contributed by atoms with Gasteiger partial charge in [0.2, 0.25) is 5.91 Å². The van der Waals surface area contributed by atoms with Gasteiger partial charge in [0.15, 0.2) is 0 Å². The number of hydrogen-bond acceptors (Lipinski definition) is 4. The second-order valence-corrected chi connectivity index (χ2v) is 8.71. The molecule has 0 bridgehead atoms. The van der Waals surface area contributed by atoms with Crippen LogP contribution in [0.2, 0.25) is 0 Å². The number of carbonyl (C=O) groups excluding carboxylic acids is 1. The van der Waals surface area contributed by atoms with Gasteiger partial charge in [-0.1, -0.05) is 49.4 Å². The van der Waals surface area contributed by atoms with Gasteiger partial charge in [-0.05, 0) is 49.9 Å². The number of nitrogens with zero attached hydrogens (tertiary/aromatic N) is 2. The van der Waals surface area contributed by atoms with Crippen LogP contribution in [0.25, 0.3) is 10.2 Å². The maximum atomic E-state index is 12.8. The number of carbonyl (C=O) groups is 1. The average Bonchev–Trinajstić information content (AvgIpc) is 3.38. The summed E-state index contributed by atoms with van der Waals surface area (Å²) >= 11 is 1.76. The van der Waals surface area contributed by atoms with Crippen molar-refractivity contribution < 1.29 is 4.79 Å². The van der Waals surface area contributed by atoms with Gasteiger partial charge in [-0.2, -0.15) is 0 Å². The van der Waals surface area contributed by atoms with Gasteiger partial charge in [-0.3, -0.25) is 9.69 Å². The molecule has 0 spiro atoms. The van der Waals surface area contributed by atoms with E-state index >= 15 is 0 Å². The van der Waals surface area contributed by atoms with Crippen LogP contribution >= 0.6 is 11.3 Å². The van der Waals surface area contributed by atoms with Crippen molar-refractivity contribution in [1.82, 2.24) is 15.2 Å². The molecule has 4 nitrogen and oxygen atoms in total. The highest BCUT2D eigenvalue weighted by Gasteiger charge is 2.34. The van der Waals surface area contributed by atoms with Gasteiger partial charge >= 0.3 is 0 Å². The third-order valence-electron chi connectivity index (χ3n) is 5.72. The third kappa shape index (κ3) is 3.96. The largest absolute Gasteiger partial charge is 0.354 e. The van der Waals surface area contributed by atoms with Crippen LogP contribution in [0.4, 0.5) is 0 Å². The molecule has 0 aliphatic carbocycles. The van der Waals surface area contributed by atoms with E-state index < -0.39 is 0 Å². The van der Waals surface area contributed by atoms with E-state index in [9.17, 15) is 4.79 Å². The van der Waals surface area contributed by atoms with Gasteiger partial charge in [0.1, 0.15) is 5.01 Å². The van der Waals surface area contributed by atoms with Gasteiger partial charge in [-0.15, -0.1) is 11.3 Å². The molecule has 4 rings (SSSR count). The van der Waals surface area contributed by atoms with E-state index in [0.717, 1.165) is 29.9 Å². The van der Waals surface area contributed by atoms with E-state index in [1.165, 1.54) is 10.3 Å². The van der Waals surface area contributed by atoms with Crippen LogP contribution in [0.3, 0.4) is 0 Å². The SMILES string of the molecule is CC(CNC(=O)C(C)N1CCCC1c1nc2ccccc2s1)c1ccccc1. The fourth-order valence-electron chi connectivity index (χ4n) is 4.00. The lowest BCUT2D eigenvalue weighted by molar-refractivity contribution is -0.126. The van der Waals surface area contributed by atoms with Crippen LogP contribution < -0.4 is 5.32 Å². The fraction of sp³-hybridized carbons (Fsp3) is 0.391. The first-order valence-electron chi connectivity index (χ1n) is 10.1. The highest BCUT2D eigenvalue weighted by atomic mass is 32.1. The number of aromatic nitrogens is 1. The van der Waals surface area contributed by atoms with Crippen LogP contribution in [0.15, 0.2) is 54.6 Å². The van der Waals surface area contributed by atoms with Crippen LogP contribution in [-0.2, 0) is 4.79 Å². The zero-order valence-electron chi connectivity index (χ0n) is 16.5. The number of fused-ring (bicyclic) bond motifs is 1. The predicted octanol–water partition coefficient (Wildman–Crippen LogP) is 4.74. The second kappa shape index (κ2) is 8.41. The number of rotatable bonds is 6. The van der Waals surface area contributed by atoms with Crippen molar-refractivity contribution in [1.29, 1.82) is 0 Å². The third-order valence-corrected chi connectivity index (χ3v) is 6.86. The number of amides is 1. The Morgan fingerprint density at radius 3 is 2.71 bits per heavy atom. The summed E-state index contributed by atoms with van der Waals surface area (Å²) in [5.41, 5.74) is 2.31. The maximum Gasteiger partial charge on any atom is 0.237 e. The molecular formula is C23H27N3OS. The number of likely N-dealkylation sites (tertiary alicyclic amines) is 1. The lowest BCUT2D eigenvalue weighted by atomic mass is 10.0. The molecule has 0 saturated carbocycles. The van der Waals surface area contributed by atoms with Gasteiger partial charge in [-0.25, -0.2) is 4.98 Å². The minimum absolute atomic E-state index is 0.107. The summed E-state index contributed by atoms with van der Waals surface area (Å²) in [4.78, 5) is 20.0. The van der Waals surface area contributed by atoms with Crippen molar-refractivity contribution in [2.75, 3.05) is 13.1 Å². The van der Waals surface area contributed by atoms with E-state index in [4.69, 9.17) is 4.98 Å². The Hall–Kier alpha value is -2.24. The molecule has 2 heterocycles. The summed E-state index contributed by atoms with van der Waals surface area (Å²) < 4.78 is 1.22. The first-order chi connectivity index (χ1) is 13.6. The molecule has 3 unspecified atom stereocenters. The van der Waals surface area contributed by atoms with Crippen LogP contribution in [0.1, 0.15) is 49.2 Å². The van der Waals surface area contributed by atoms with E-state index in [1.54, 1.807) is 11.3 Å². The highest BCUT2D eigenvalue weighted by Crippen LogP contribution is 2.37. The summed E-state index contributed by atoms with van der Waals surface area (Å²) in [6.07, 6.45) is 2.18. The first-order valence-corrected chi connectivity index (χ1v) is 10.9. The normalized spacial score (nSPS) is 19.6. The minimum atomic E-state index is -0.150. The zero-order valence-corrected chi connectivity index (χ0v) is 17.3. The molecule has 1 amide bonds. The van der Waals surface area contributed by atoms with Gasteiger partial charge in [0.05, 0.1) is 22.3 Å². The van der Waals surface area contributed by atoms with E-state index in [-0.39, 0.29) is 18.0 Å².